The van der Waals surface area contributed by atoms with Crippen molar-refractivity contribution in [3.05, 3.63) is 106 Å². The fraction of sp³-hybridized carbons (Fsp3) is 0.241. The molecule has 4 aromatic rings. The van der Waals surface area contributed by atoms with Gasteiger partial charge in [0.25, 0.3) is 0 Å². The molecule has 0 bridgehead atoms. The molecule has 6 heteroatoms. The van der Waals surface area contributed by atoms with Crippen molar-refractivity contribution in [3.8, 4) is 11.1 Å². The van der Waals surface area contributed by atoms with Gasteiger partial charge in [-0.1, -0.05) is 67.9 Å². The standard InChI is InChI=1S/C29H24F6/c1-2-3-4-18-5-7-19(8-6-18)9-10-20-11-13-23-21(15-20)12-14-24(28(23)32)22-16-25(30)27(26(31)17-22)29(33,34)35/h5-8,11-17H,2-4,9-10H2,1H3. The van der Waals surface area contributed by atoms with E-state index >= 15 is 4.39 Å². The first-order valence-corrected chi connectivity index (χ1v) is 11.5. The molecule has 182 valence electrons. The smallest absolute Gasteiger partial charge is 0.206 e. The maximum atomic E-state index is 15.2. The molecular weight excluding hydrogens is 462 g/mol. The largest absolute Gasteiger partial charge is 0.422 e. The molecule has 0 unspecified atom stereocenters. The average Bonchev–Trinajstić information content (AvgIpc) is 2.81. The van der Waals surface area contributed by atoms with E-state index in [1.54, 1.807) is 18.2 Å². The van der Waals surface area contributed by atoms with Crippen LogP contribution in [0.2, 0.25) is 0 Å². The Morgan fingerprint density at radius 2 is 1.23 bits per heavy atom. The molecule has 0 radical (unpaired) electrons. The first-order chi connectivity index (χ1) is 16.7. The van der Waals surface area contributed by atoms with Gasteiger partial charge in [-0.05, 0) is 65.5 Å². The lowest BCUT2D eigenvalue weighted by Crippen LogP contribution is -2.11. The van der Waals surface area contributed by atoms with E-state index in [0.717, 1.165) is 37.7 Å². The highest BCUT2D eigenvalue weighted by Gasteiger charge is 2.38. The third-order valence-corrected chi connectivity index (χ3v) is 6.20. The molecule has 0 spiro atoms. The predicted octanol–water partition coefficient (Wildman–Crippen LogP) is 9.07. The fourth-order valence-corrected chi connectivity index (χ4v) is 4.26. The van der Waals surface area contributed by atoms with Crippen molar-refractivity contribution in [3.63, 3.8) is 0 Å². The summed E-state index contributed by atoms with van der Waals surface area (Å²) in [5, 5.41) is 0.832. The summed E-state index contributed by atoms with van der Waals surface area (Å²) in [7, 11) is 0. The van der Waals surface area contributed by atoms with E-state index in [4.69, 9.17) is 0 Å². The number of unbranched alkanes of at least 4 members (excludes halogenated alkanes) is 1. The number of hydrogen-bond donors (Lipinski definition) is 0. The van der Waals surface area contributed by atoms with E-state index in [0.29, 0.717) is 17.5 Å². The highest BCUT2D eigenvalue weighted by Crippen LogP contribution is 2.37. The summed E-state index contributed by atoms with van der Waals surface area (Å²) in [5.41, 5.74) is 1.09. The van der Waals surface area contributed by atoms with Crippen LogP contribution in [-0.2, 0) is 25.4 Å². The molecule has 0 saturated heterocycles. The van der Waals surface area contributed by atoms with E-state index in [1.165, 1.54) is 17.2 Å². The van der Waals surface area contributed by atoms with E-state index in [2.05, 4.69) is 31.2 Å². The van der Waals surface area contributed by atoms with Crippen LogP contribution in [0, 0.1) is 17.5 Å². The second kappa shape index (κ2) is 10.1. The van der Waals surface area contributed by atoms with Crippen LogP contribution in [0.1, 0.15) is 42.0 Å². The number of alkyl halides is 3. The zero-order valence-electron chi connectivity index (χ0n) is 19.2. The SMILES string of the molecule is CCCCc1ccc(CCc2ccc3c(F)c(-c4cc(F)c(C(F)(F)F)c(F)c4)ccc3c2)cc1. The van der Waals surface area contributed by atoms with Crippen LogP contribution in [0.4, 0.5) is 26.3 Å². The van der Waals surface area contributed by atoms with Gasteiger partial charge in [0.1, 0.15) is 23.0 Å². The molecule has 35 heavy (non-hydrogen) atoms. The molecule has 0 aromatic heterocycles. The zero-order chi connectivity index (χ0) is 25.2. The summed E-state index contributed by atoms with van der Waals surface area (Å²) >= 11 is 0. The highest BCUT2D eigenvalue weighted by molar-refractivity contribution is 5.88. The molecule has 0 heterocycles. The first-order valence-electron chi connectivity index (χ1n) is 11.5. The molecule has 0 atom stereocenters. The van der Waals surface area contributed by atoms with Gasteiger partial charge in [-0.25, -0.2) is 13.2 Å². The van der Waals surface area contributed by atoms with E-state index < -0.39 is 29.2 Å². The van der Waals surface area contributed by atoms with Gasteiger partial charge in [-0.15, -0.1) is 0 Å². The maximum Gasteiger partial charge on any atom is 0.422 e. The molecule has 4 aromatic carbocycles. The molecule has 0 aliphatic heterocycles. The van der Waals surface area contributed by atoms with Crippen molar-refractivity contribution in [1.29, 1.82) is 0 Å². The lowest BCUT2D eigenvalue weighted by molar-refractivity contribution is -0.142. The summed E-state index contributed by atoms with van der Waals surface area (Å²) in [6, 6.07) is 17.7. The Balaban J connectivity index is 1.55. The van der Waals surface area contributed by atoms with Crippen LogP contribution < -0.4 is 0 Å². The molecule has 0 saturated carbocycles. The predicted molar refractivity (Wildman–Crippen MR) is 127 cm³/mol. The number of benzene rings is 4. The number of aryl methyl sites for hydroxylation is 3. The Kier molecular flexibility index (Phi) is 7.20. The Bertz CT molecular complexity index is 1310. The number of fused-ring (bicyclic) bond motifs is 1. The van der Waals surface area contributed by atoms with Crippen LogP contribution in [0.3, 0.4) is 0 Å². The zero-order valence-corrected chi connectivity index (χ0v) is 19.2. The van der Waals surface area contributed by atoms with E-state index in [-0.39, 0.29) is 16.5 Å². The molecule has 4 rings (SSSR count). The van der Waals surface area contributed by atoms with Gasteiger partial charge in [0.05, 0.1) is 0 Å². The topological polar surface area (TPSA) is 0 Å². The van der Waals surface area contributed by atoms with Crippen LogP contribution in [0.25, 0.3) is 21.9 Å². The van der Waals surface area contributed by atoms with Crippen LogP contribution in [0.15, 0.2) is 66.7 Å². The molecular formula is C29H24F6. The fourth-order valence-electron chi connectivity index (χ4n) is 4.26. The van der Waals surface area contributed by atoms with Crippen molar-refractivity contribution < 1.29 is 26.3 Å². The van der Waals surface area contributed by atoms with Gasteiger partial charge in [0.2, 0.25) is 0 Å². The number of halogens is 6. The van der Waals surface area contributed by atoms with Crippen LogP contribution in [-0.4, -0.2) is 0 Å². The highest BCUT2D eigenvalue weighted by atomic mass is 19.4. The molecule has 0 amide bonds. The van der Waals surface area contributed by atoms with Gasteiger partial charge in [0.15, 0.2) is 0 Å². The summed E-state index contributed by atoms with van der Waals surface area (Å²) < 4.78 is 81.8. The Labute approximate surface area is 200 Å². The minimum Gasteiger partial charge on any atom is -0.206 e. The molecule has 0 aliphatic carbocycles. The number of rotatable bonds is 7. The van der Waals surface area contributed by atoms with Crippen molar-refractivity contribution >= 4 is 10.8 Å². The monoisotopic (exact) mass is 486 g/mol. The quantitative estimate of drug-likeness (QED) is 0.229. The van der Waals surface area contributed by atoms with Crippen molar-refractivity contribution in [2.45, 2.75) is 45.2 Å². The summed E-state index contributed by atoms with van der Waals surface area (Å²) in [5.74, 6) is -4.29. The Morgan fingerprint density at radius 3 is 1.83 bits per heavy atom. The minimum absolute atomic E-state index is 0.167. The normalized spacial score (nSPS) is 11.9. The summed E-state index contributed by atoms with van der Waals surface area (Å²) in [6.45, 7) is 2.17. The maximum absolute atomic E-state index is 15.2. The van der Waals surface area contributed by atoms with Crippen LogP contribution in [0.5, 0.6) is 0 Å². The van der Waals surface area contributed by atoms with Gasteiger partial charge in [-0.3, -0.25) is 0 Å². The molecule has 0 aliphatic rings. The second-order valence-electron chi connectivity index (χ2n) is 8.72. The average molecular weight is 486 g/mol. The van der Waals surface area contributed by atoms with E-state index in [1.807, 2.05) is 6.07 Å². The van der Waals surface area contributed by atoms with Crippen LogP contribution >= 0.6 is 0 Å². The lowest BCUT2D eigenvalue weighted by Gasteiger charge is -2.13. The molecule has 0 nitrogen and oxygen atoms in total. The molecule has 0 fully saturated rings. The Hall–Kier alpha value is -3.28. The number of hydrogen-bond acceptors (Lipinski definition) is 0. The van der Waals surface area contributed by atoms with Gasteiger partial charge < -0.3 is 0 Å². The third kappa shape index (κ3) is 5.53. The lowest BCUT2D eigenvalue weighted by atomic mass is 9.96. The first kappa shape index (κ1) is 24.8. The van der Waals surface area contributed by atoms with Gasteiger partial charge in [0, 0.05) is 10.9 Å². The van der Waals surface area contributed by atoms with E-state index in [9.17, 15) is 22.0 Å². The van der Waals surface area contributed by atoms with Gasteiger partial charge in [-0.2, -0.15) is 13.2 Å². The van der Waals surface area contributed by atoms with Crippen molar-refractivity contribution in [2.75, 3.05) is 0 Å². The third-order valence-electron chi connectivity index (χ3n) is 6.20. The van der Waals surface area contributed by atoms with Crippen molar-refractivity contribution in [1.82, 2.24) is 0 Å². The van der Waals surface area contributed by atoms with Gasteiger partial charge >= 0.3 is 6.18 Å². The van der Waals surface area contributed by atoms with Crippen molar-refractivity contribution in [2.24, 2.45) is 0 Å². The Morgan fingerprint density at radius 1 is 0.657 bits per heavy atom. The second-order valence-corrected chi connectivity index (χ2v) is 8.72. The summed E-state index contributed by atoms with van der Waals surface area (Å²) in [4.78, 5) is 0. The summed E-state index contributed by atoms with van der Waals surface area (Å²) in [6.07, 6.45) is -0.211. The molecule has 0 N–H and O–H groups in total. The minimum atomic E-state index is -5.18.